The van der Waals surface area contributed by atoms with Gasteiger partial charge in [-0.3, -0.25) is 14.6 Å². The molecular formula is C22H21N3O4. The van der Waals surface area contributed by atoms with Crippen LogP contribution < -0.4 is 15.0 Å². The summed E-state index contributed by atoms with van der Waals surface area (Å²) in [5.41, 5.74) is 0.997. The van der Waals surface area contributed by atoms with Gasteiger partial charge in [0.05, 0.1) is 31.6 Å². The highest BCUT2D eigenvalue weighted by atomic mass is 16.5. The number of rotatable bonds is 5. The number of carbonyl (C=O) groups is 2. The molecule has 2 aromatic rings. The van der Waals surface area contributed by atoms with E-state index in [0.717, 1.165) is 17.0 Å². The molecule has 7 heteroatoms. The number of hydrogen-bond acceptors (Lipinski definition) is 5. The highest BCUT2D eigenvalue weighted by Gasteiger charge is 2.67. The third-order valence-corrected chi connectivity index (χ3v) is 6.00. The molecule has 148 valence electrons. The molecule has 0 aliphatic carbocycles. The molecule has 2 bridgehead atoms. The Bertz CT molecular complexity index is 975. The van der Waals surface area contributed by atoms with E-state index in [4.69, 9.17) is 9.47 Å². The summed E-state index contributed by atoms with van der Waals surface area (Å²) in [5, 5.41) is 2.96. The number of fused-ring (bicyclic) bond motifs is 1. The number of methoxy groups -OCH3 is 1. The lowest BCUT2D eigenvalue weighted by Crippen LogP contribution is -2.43. The van der Waals surface area contributed by atoms with Crippen LogP contribution >= 0.6 is 0 Å². The standard InChI is InChI=1S/C22H21N3O4/c1-28-16-4-2-15(3-5-16)25-13-22-9-6-17(29-22)18(19(22)21(25)27)20(26)24-12-14-7-10-23-11-8-14/h2-11,17-19H,12-13H2,1H3,(H,24,26)/t17-,18?,19?,22?/m1/s1. The van der Waals surface area contributed by atoms with Crippen LogP contribution in [-0.4, -0.2) is 42.2 Å². The Morgan fingerprint density at radius 1 is 1.28 bits per heavy atom. The molecule has 1 N–H and O–H groups in total. The van der Waals surface area contributed by atoms with Crippen molar-refractivity contribution in [3.8, 4) is 5.75 Å². The maximum absolute atomic E-state index is 13.3. The fourth-order valence-corrected chi connectivity index (χ4v) is 4.59. The minimum atomic E-state index is -0.736. The first-order valence-electron chi connectivity index (χ1n) is 9.60. The Hall–Kier alpha value is -3.19. The second-order valence-electron chi connectivity index (χ2n) is 7.60. The summed E-state index contributed by atoms with van der Waals surface area (Å²) >= 11 is 0. The number of hydrogen-bond donors (Lipinski definition) is 1. The molecule has 1 spiro atoms. The number of nitrogens with one attached hydrogen (secondary N) is 1. The molecule has 3 aliphatic rings. The highest BCUT2D eigenvalue weighted by molar-refractivity contribution is 6.03. The number of pyridine rings is 1. The van der Waals surface area contributed by atoms with Crippen molar-refractivity contribution in [2.45, 2.75) is 18.2 Å². The molecule has 2 saturated heterocycles. The number of anilines is 1. The van der Waals surface area contributed by atoms with Gasteiger partial charge < -0.3 is 19.7 Å². The molecule has 29 heavy (non-hydrogen) atoms. The lowest BCUT2D eigenvalue weighted by Gasteiger charge is -2.23. The number of ether oxygens (including phenoxy) is 2. The van der Waals surface area contributed by atoms with Crippen LogP contribution in [0.3, 0.4) is 0 Å². The molecule has 1 aromatic heterocycles. The van der Waals surface area contributed by atoms with Gasteiger partial charge in [-0.25, -0.2) is 0 Å². The molecule has 4 atom stereocenters. The summed E-state index contributed by atoms with van der Waals surface area (Å²) in [6, 6.07) is 11.0. The van der Waals surface area contributed by atoms with E-state index in [1.54, 1.807) is 24.4 Å². The van der Waals surface area contributed by atoms with Crippen LogP contribution in [0.4, 0.5) is 5.69 Å². The van der Waals surface area contributed by atoms with Crippen molar-refractivity contribution in [3.05, 3.63) is 66.5 Å². The number of benzene rings is 1. The van der Waals surface area contributed by atoms with E-state index in [1.807, 2.05) is 48.6 Å². The van der Waals surface area contributed by atoms with Crippen molar-refractivity contribution >= 4 is 17.5 Å². The average molecular weight is 391 g/mol. The van der Waals surface area contributed by atoms with Gasteiger partial charge in [0.2, 0.25) is 11.8 Å². The summed E-state index contributed by atoms with van der Waals surface area (Å²) in [7, 11) is 1.60. The van der Waals surface area contributed by atoms with Crippen molar-refractivity contribution in [1.29, 1.82) is 0 Å². The quantitative estimate of drug-likeness (QED) is 0.785. The zero-order chi connectivity index (χ0) is 20.0. The fraction of sp³-hybridized carbons (Fsp3) is 0.318. The van der Waals surface area contributed by atoms with Gasteiger partial charge in [-0.1, -0.05) is 12.2 Å². The first-order valence-corrected chi connectivity index (χ1v) is 9.60. The molecule has 4 heterocycles. The zero-order valence-electron chi connectivity index (χ0n) is 15.9. The van der Waals surface area contributed by atoms with Crippen molar-refractivity contribution in [2.24, 2.45) is 11.8 Å². The Labute approximate surface area is 168 Å². The summed E-state index contributed by atoms with van der Waals surface area (Å²) < 4.78 is 11.4. The summed E-state index contributed by atoms with van der Waals surface area (Å²) in [5.74, 6) is -0.558. The minimum absolute atomic E-state index is 0.0777. The lowest BCUT2D eigenvalue weighted by molar-refractivity contribution is -0.132. The normalized spacial score (nSPS) is 29.2. The predicted molar refractivity (Wildman–Crippen MR) is 105 cm³/mol. The van der Waals surface area contributed by atoms with Crippen LogP contribution in [0.1, 0.15) is 5.56 Å². The maximum Gasteiger partial charge on any atom is 0.234 e. The summed E-state index contributed by atoms with van der Waals surface area (Å²) in [4.78, 5) is 32.0. The maximum atomic E-state index is 13.3. The van der Waals surface area contributed by atoms with Crippen LogP contribution in [0.15, 0.2) is 60.9 Å². The largest absolute Gasteiger partial charge is 0.497 e. The Balaban J connectivity index is 1.37. The third-order valence-electron chi connectivity index (χ3n) is 6.00. The molecule has 0 saturated carbocycles. The molecule has 2 fully saturated rings. The molecule has 2 amide bonds. The van der Waals surface area contributed by atoms with E-state index in [-0.39, 0.29) is 17.9 Å². The molecule has 3 unspecified atom stereocenters. The number of carbonyl (C=O) groups excluding carboxylic acids is 2. The Kier molecular flexibility index (Phi) is 4.13. The van der Waals surface area contributed by atoms with Gasteiger partial charge >= 0.3 is 0 Å². The minimum Gasteiger partial charge on any atom is -0.497 e. The zero-order valence-corrected chi connectivity index (χ0v) is 15.9. The van der Waals surface area contributed by atoms with Gasteiger partial charge in [-0.2, -0.15) is 0 Å². The Morgan fingerprint density at radius 2 is 2.03 bits per heavy atom. The highest BCUT2D eigenvalue weighted by Crippen LogP contribution is 2.52. The molecule has 1 aromatic carbocycles. The van der Waals surface area contributed by atoms with Crippen molar-refractivity contribution < 1.29 is 19.1 Å². The van der Waals surface area contributed by atoms with E-state index in [2.05, 4.69) is 10.3 Å². The van der Waals surface area contributed by atoms with Gasteiger partial charge in [-0.15, -0.1) is 0 Å². The first-order chi connectivity index (χ1) is 14.1. The van der Waals surface area contributed by atoms with E-state index in [1.165, 1.54) is 0 Å². The van der Waals surface area contributed by atoms with Gasteiger partial charge in [-0.05, 0) is 42.0 Å². The van der Waals surface area contributed by atoms with E-state index in [9.17, 15) is 9.59 Å². The van der Waals surface area contributed by atoms with Crippen molar-refractivity contribution in [1.82, 2.24) is 10.3 Å². The predicted octanol–water partition coefficient (Wildman–Crippen LogP) is 1.69. The monoisotopic (exact) mass is 391 g/mol. The number of aromatic nitrogens is 1. The summed E-state index contributed by atoms with van der Waals surface area (Å²) in [6.07, 6.45) is 6.88. The lowest BCUT2D eigenvalue weighted by atomic mass is 9.77. The summed E-state index contributed by atoms with van der Waals surface area (Å²) in [6.45, 7) is 0.800. The third kappa shape index (κ3) is 2.81. The van der Waals surface area contributed by atoms with Gasteiger partial charge in [0.15, 0.2) is 0 Å². The van der Waals surface area contributed by atoms with Crippen LogP contribution in [0, 0.1) is 11.8 Å². The van der Waals surface area contributed by atoms with Crippen LogP contribution in [0.2, 0.25) is 0 Å². The molecule has 0 radical (unpaired) electrons. The van der Waals surface area contributed by atoms with E-state index < -0.39 is 17.4 Å². The van der Waals surface area contributed by atoms with Crippen LogP contribution in [0.5, 0.6) is 5.75 Å². The molecule has 7 nitrogen and oxygen atoms in total. The molecule has 5 rings (SSSR count). The topological polar surface area (TPSA) is 80.8 Å². The smallest absolute Gasteiger partial charge is 0.234 e. The number of amides is 2. The SMILES string of the molecule is COc1ccc(N2CC34C=C[C@@H](O3)C(C(=O)NCc3ccncc3)C4C2=O)cc1. The van der Waals surface area contributed by atoms with Crippen LogP contribution in [-0.2, 0) is 20.9 Å². The van der Waals surface area contributed by atoms with Crippen molar-refractivity contribution in [2.75, 3.05) is 18.6 Å². The van der Waals surface area contributed by atoms with Gasteiger partial charge in [0.25, 0.3) is 0 Å². The van der Waals surface area contributed by atoms with Crippen molar-refractivity contribution in [3.63, 3.8) is 0 Å². The molecular weight excluding hydrogens is 370 g/mol. The van der Waals surface area contributed by atoms with Gasteiger partial charge in [0, 0.05) is 24.6 Å². The second-order valence-corrected chi connectivity index (χ2v) is 7.60. The van der Waals surface area contributed by atoms with Crippen LogP contribution in [0.25, 0.3) is 0 Å². The second kappa shape index (κ2) is 6.70. The first kappa shape index (κ1) is 17.9. The fourth-order valence-electron chi connectivity index (χ4n) is 4.59. The number of nitrogens with zero attached hydrogens (tertiary/aromatic N) is 2. The van der Waals surface area contributed by atoms with E-state index >= 15 is 0 Å². The molecule has 3 aliphatic heterocycles. The van der Waals surface area contributed by atoms with E-state index in [0.29, 0.717) is 13.1 Å². The average Bonchev–Trinajstić information content (AvgIpc) is 3.41. The Morgan fingerprint density at radius 3 is 2.76 bits per heavy atom. The van der Waals surface area contributed by atoms with Gasteiger partial charge in [0.1, 0.15) is 11.4 Å².